The van der Waals surface area contributed by atoms with Gasteiger partial charge in [-0.2, -0.15) is 0 Å². The van der Waals surface area contributed by atoms with Crippen LogP contribution in [0.15, 0.2) is 48.6 Å². The molecule has 3 nitrogen and oxygen atoms in total. The van der Waals surface area contributed by atoms with Gasteiger partial charge in [0.25, 0.3) is 0 Å². The zero-order valence-electron chi connectivity index (χ0n) is 14.4. The lowest BCUT2D eigenvalue weighted by molar-refractivity contribution is -0.137. The minimum Gasteiger partial charge on any atom is -0.481 e. The van der Waals surface area contributed by atoms with E-state index in [1.165, 1.54) is 19.3 Å². The normalized spacial score (nSPS) is 13.8. The molecule has 0 heterocycles. The maximum Gasteiger partial charge on any atom is 0.303 e. The third kappa shape index (κ3) is 18.3. The molecule has 3 heteroatoms. The number of allylic oxidation sites excluding steroid dienone is 6. The maximum absolute atomic E-state index is 10.3. The van der Waals surface area contributed by atoms with Crippen molar-refractivity contribution in [2.45, 2.75) is 70.8 Å². The number of hydrogen-bond acceptors (Lipinski definition) is 2. The Morgan fingerprint density at radius 2 is 1.70 bits per heavy atom. The van der Waals surface area contributed by atoms with Crippen molar-refractivity contribution in [1.29, 1.82) is 0 Å². The lowest BCUT2D eigenvalue weighted by Crippen LogP contribution is -1.98. The SMILES string of the molecule is CCCCC/C=C/C[C@@H](O)/C=C/C=C/C/C=C\CCCC(=O)O. The first-order valence-electron chi connectivity index (χ1n) is 8.70. The largest absolute Gasteiger partial charge is 0.481 e. The number of carbonyl (C=O) groups is 1. The van der Waals surface area contributed by atoms with Crippen molar-refractivity contribution in [3.05, 3.63) is 48.6 Å². The molecule has 2 N–H and O–H groups in total. The lowest BCUT2D eigenvalue weighted by Gasteiger charge is -1.99. The number of rotatable bonds is 14. The van der Waals surface area contributed by atoms with E-state index in [4.69, 9.17) is 5.11 Å². The Hall–Kier alpha value is -1.61. The molecular formula is C20H32O3. The molecule has 0 aromatic heterocycles. The van der Waals surface area contributed by atoms with Crippen LogP contribution in [0.25, 0.3) is 0 Å². The van der Waals surface area contributed by atoms with E-state index in [0.717, 1.165) is 19.3 Å². The number of unbranched alkanes of at least 4 members (excludes halogenated alkanes) is 4. The molecule has 0 saturated carbocycles. The van der Waals surface area contributed by atoms with E-state index in [1.54, 1.807) is 6.08 Å². The Morgan fingerprint density at radius 3 is 2.43 bits per heavy atom. The van der Waals surface area contributed by atoms with Crippen molar-refractivity contribution in [3.8, 4) is 0 Å². The van der Waals surface area contributed by atoms with Gasteiger partial charge in [0.15, 0.2) is 0 Å². The van der Waals surface area contributed by atoms with Crippen LogP contribution in [-0.2, 0) is 4.79 Å². The minimum atomic E-state index is -0.738. The number of hydrogen-bond donors (Lipinski definition) is 2. The van der Waals surface area contributed by atoms with E-state index >= 15 is 0 Å². The average Bonchev–Trinajstić information content (AvgIpc) is 2.52. The molecule has 0 amide bonds. The molecule has 0 unspecified atom stereocenters. The Labute approximate surface area is 141 Å². The average molecular weight is 320 g/mol. The molecule has 1 atom stereocenters. The quantitative estimate of drug-likeness (QED) is 0.263. The maximum atomic E-state index is 10.3. The molecular weight excluding hydrogens is 288 g/mol. The second kappa shape index (κ2) is 16.8. The van der Waals surface area contributed by atoms with Crippen molar-refractivity contribution in [2.75, 3.05) is 0 Å². The highest BCUT2D eigenvalue weighted by Crippen LogP contribution is 2.02. The van der Waals surface area contributed by atoms with E-state index < -0.39 is 12.1 Å². The van der Waals surface area contributed by atoms with Gasteiger partial charge in [0.05, 0.1) is 6.10 Å². The number of aliphatic hydroxyl groups excluding tert-OH is 1. The Balaban J connectivity index is 3.62. The predicted molar refractivity (Wildman–Crippen MR) is 97.4 cm³/mol. The van der Waals surface area contributed by atoms with Gasteiger partial charge in [-0.05, 0) is 38.5 Å². The molecule has 0 bridgehead atoms. The number of carboxylic acids is 1. The highest BCUT2D eigenvalue weighted by Gasteiger charge is 1.93. The second-order valence-electron chi connectivity index (χ2n) is 5.58. The molecule has 0 aromatic carbocycles. The zero-order valence-corrected chi connectivity index (χ0v) is 14.4. The molecule has 0 saturated heterocycles. The smallest absolute Gasteiger partial charge is 0.303 e. The summed E-state index contributed by atoms with van der Waals surface area (Å²) in [6, 6.07) is 0. The fourth-order valence-electron chi connectivity index (χ4n) is 1.96. The van der Waals surface area contributed by atoms with Crippen LogP contribution in [0.4, 0.5) is 0 Å². The summed E-state index contributed by atoms with van der Waals surface area (Å²) < 4.78 is 0. The van der Waals surface area contributed by atoms with E-state index in [1.807, 2.05) is 36.5 Å². The topological polar surface area (TPSA) is 57.5 Å². The first-order chi connectivity index (χ1) is 11.2. The van der Waals surface area contributed by atoms with E-state index in [2.05, 4.69) is 13.0 Å². The Kier molecular flexibility index (Phi) is 15.6. The van der Waals surface area contributed by atoms with Crippen molar-refractivity contribution in [1.82, 2.24) is 0 Å². The third-order valence-electron chi connectivity index (χ3n) is 3.30. The fourth-order valence-corrected chi connectivity index (χ4v) is 1.96. The standard InChI is InChI=1S/C20H32O3/c1-2-3-4-5-10-13-16-19(21)17-14-11-8-6-7-9-12-15-18-20(22)23/h7-11,13-14,17,19,21H,2-6,12,15-16,18H2,1H3,(H,22,23)/b9-7-,11-8+,13-10+,17-14+/t19-/m1/s1. The molecule has 0 fully saturated rings. The summed E-state index contributed by atoms with van der Waals surface area (Å²) >= 11 is 0. The van der Waals surface area contributed by atoms with Gasteiger partial charge >= 0.3 is 5.97 Å². The van der Waals surface area contributed by atoms with Gasteiger partial charge in [-0.3, -0.25) is 4.79 Å². The molecule has 0 aromatic rings. The van der Waals surface area contributed by atoms with Crippen LogP contribution < -0.4 is 0 Å². The first kappa shape index (κ1) is 21.4. The number of aliphatic hydroxyl groups is 1. The second-order valence-corrected chi connectivity index (χ2v) is 5.58. The summed E-state index contributed by atoms with van der Waals surface area (Å²) in [5.74, 6) is -0.738. The van der Waals surface area contributed by atoms with E-state index in [-0.39, 0.29) is 6.42 Å². The molecule has 0 radical (unpaired) electrons. The highest BCUT2D eigenvalue weighted by molar-refractivity contribution is 5.66. The summed E-state index contributed by atoms with van der Waals surface area (Å²) in [7, 11) is 0. The van der Waals surface area contributed by atoms with Gasteiger partial charge in [-0.15, -0.1) is 0 Å². The molecule has 0 spiro atoms. The summed E-state index contributed by atoms with van der Waals surface area (Å²) in [6.45, 7) is 2.20. The summed E-state index contributed by atoms with van der Waals surface area (Å²) in [4.78, 5) is 10.3. The van der Waals surface area contributed by atoms with E-state index in [9.17, 15) is 9.90 Å². The van der Waals surface area contributed by atoms with Gasteiger partial charge in [-0.1, -0.05) is 68.4 Å². The predicted octanol–water partition coefficient (Wildman–Crippen LogP) is 5.19. The Morgan fingerprint density at radius 1 is 0.957 bits per heavy atom. The zero-order chi connectivity index (χ0) is 17.2. The molecule has 23 heavy (non-hydrogen) atoms. The highest BCUT2D eigenvalue weighted by atomic mass is 16.4. The number of carboxylic acid groups (broad SMARTS) is 1. The van der Waals surface area contributed by atoms with Crippen LogP contribution in [-0.4, -0.2) is 22.3 Å². The van der Waals surface area contributed by atoms with Crippen molar-refractivity contribution >= 4 is 5.97 Å². The van der Waals surface area contributed by atoms with Gasteiger partial charge in [0.2, 0.25) is 0 Å². The van der Waals surface area contributed by atoms with Crippen LogP contribution in [0, 0.1) is 0 Å². The minimum absolute atomic E-state index is 0.230. The van der Waals surface area contributed by atoms with Crippen LogP contribution in [0.5, 0.6) is 0 Å². The monoisotopic (exact) mass is 320 g/mol. The van der Waals surface area contributed by atoms with E-state index in [0.29, 0.717) is 12.8 Å². The molecule has 0 aliphatic heterocycles. The van der Waals surface area contributed by atoms with Crippen LogP contribution >= 0.6 is 0 Å². The molecule has 130 valence electrons. The first-order valence-corrected chi connectivity index (χ1v) is 8.70. The fraction of sp³-hybridized carbons (Fsp3) is 0.550. The summed E-state index contributed by atoms with van der Waals surface area (Å²) in [6.07, 6.45) is 23.5. The van der Waals surface area contributed by atoms with Gasteiger partial charge < -0.3 is 10.2 Å². The van der Waals surface area contributed by atoms with Crippen molar-refractivity contribution in [3.63, 3.8) is 0 Å². The summed E-state index contributed by atoms with van der Waals surface area (Å²) in [5, 5.41) is 18.3. The van der Waals surface area contributed by atoms with Crippen LogP contribution in [0.3, 0.4) is 0 Å². The number of aliphatic carboxylic acids is 1. The molecule has 0 aliphatic carbocycles. The van der Waals surface area contributed by atoms with Crippen LogP contribution in [0.1, 0.15) is 64.7 Å². The summed E-state index contributed by atoms with van der Waals surface area (Å²) in [5.41, 5.74) is 0. The van der Waals surface area contributed by atoms with Crippen LogP contribution in [0.2, 0.25) is 0 Å². The third-order valence-corrected chi connectivity index (χ3v) is 3.30. The Bertz CT molecular complexity index is 392. The lowest BCUT2D eigenvalue weighted by atomic mass is 10.1. The van der Waals surface area contributed by atoms with Crippen molar-refractivity contribution in [2.24, 2.45) is 0 Å². The van der Waals surface area contributed by atoms with Gasteiger partial charge in [0.1, 0.15) is 0 Å². The molecule has 0 rings (SSSR count). The van der Waals surface area contributed by atoms with Gasteiger partial charge in [-0.25, -0.2) is 0 Å². The van der Waals surface area contributed by atoms with Crippen molar-refractivity contribution < 1.29 is 15.0 Å². The molecule has 0 aliphatic rings. The van der Waals surface area contributed by atoms with Gasteiger partial charge in [0, 0.05) is 6.42 Å².